The Morgan fingerprint density at radius 2 is 1.90 bits per heavy atom. The number of aryl methyl sites for hydroxylation is 2. The first kappa shape index (κ1) is 13.9. The van der Waals surface area contributed by atoms with E-state index in [1.54, 1.807) is 0 Å². The minimum absolute atomic E-state index is 0.0490. The Bertz CT molecular complexity index is 875. The van der Waals surface area contributed by atoms with Crippen LogP contribution in [0.5, 0.6) is 0 Å². The highest BCUT2D eigenvalue weighted by Crippen LogP contribution is 2.27. The van der Waals surface area contributed by atoms with Crippen LogP contribution in [0.4, 0.5) is 0 Å². The Kier molecular flexibility index (Phi) is 3.33. The number of rotatable bonds is 2. The molecular formula is C16H16ClN3O. The van der Waals surface area contributed by atoms with Crippen LogP contribution in [0.15, 0.2) is 29.1 Å². The molecule has 3 rings (SSSR count). The summed E-state index contributed by atoms with van der Waals surface area (Å²) >= 11 is 5.94. The highest BCUT2D eigenvalue weighted by molar-refractivity contribution is 6.30. The van der Waals surface area contributed by atoms with Crippen molar-refractivity contribution in [3.05, 3.63) is 56.6 Å². The highest BCUT2D eigenvalue weighted by Gasteiger charge is 2.16. The van der Waals surface area contributed by atoms with Crippen molar-refractivity contribution in [2.24, 2.45) is 0 Å². The Labute approximate surface area is 127 Å². The molecule has 0 radical (unpaired) electrons. The summed E-state index contributed by atoms with van der Waals surface area (Å²) in [6.07, 6.45) is 0.687. The van der Waals surface area contributed by atoms with Crippen molar-refractivity contribution in [3.8, 4) is 11.1 Å². The molecule has 3 aromatic rings. The molecule has 0 saturated carbocycles. The van der Waals surface area contributed by atoms with Gasteiger partial charge in [0.15, 0.2) is 0 Å². The first-order chi connectivity index (χ1) is 10.0. The number of nitrogens with one attached hydrogen (secondary N) is 1. The highest BCUT2D eigenvalue weighted by atomic mass is 35.5. The third-order valence-electron chi connectivity index (χ3n) is 3.76. The van der Waals surface area contributed by atoms with Crippen LogP contribution in [0, 0.1) is 13.8 Å². The number of fused-ring (bicyclic) bond motifs is 1. The second-order valence-corrected chi connectivity index (χ2v) is 5.55. The van der Waals surface area contributed by atoms with Crippen molar-refractivity contribution in [2.45, 2.75) is 27.2 Å². The normalized spacial score (nSPS) is 11.2. The van der Waals surface area contributed by atoms with Gasteiger partial charge in [-0.05, 0) is 38.0 Å². The zero-order valence-electron chi connectivity index (χ0n) is 12.2. The van der Waals surface area contributed by atoms with Crippen molar-refractivity contribution >= 4 is 17.2 Å². The molecule has 1 N–H and O–H groups in total. The fourth-order valence-corrected chi connectivity index (χ4v) is 2.84. The fraction of sp³-hybridized carbons (Fsp3) is 0.250. The van der Waals surface area contributed by atoms with Crippen LogP contribution in [0.25, 0.3) is 16.8 Å². The molecular weight excluding hydrogens is 286 g/mol. The van der Waals surface area contributed by atoms with Crippen molar-refractivity contribution in [3.63, 3.8) is 0 Å². The van der Waals surface area contributed by atoms with E-state index in [9.17, 15) is 4.79 Å². The van der Waals surface area contributed by atoms with Gasteiger partial charge in [-0.15, -0.1) is 0 Å². The van der Waals surface area contributed by atoms with Gasteiger partial charge < -0.3 is 4.98 Å². The molecule has 0 atom stereocenters. The molecule has 0 bridgehead atoms. The lowest BCUT2D eigenvalue weighted by Crippen LogP contribution is -2.21. The van der Waals surface area contributed by atoms with Crippen LogP contribution >= 0.6 is 11.6 Å². The van der Waals surface area contributed by atoms with Crippen LogP contribution < -0.4 is 5.56 Å². The van der Waals surface area contributed by atoms with E-state index in [2.05, 4.69) is 10.1 Å². The Hall–Kier alpha value is -2.07. The van der Waals surface area contributed by atoms with Gasteiger partial charge in [0.1, 0.15) is 5.65 Å². The van der Waals surface area contributed by atoms with Gasteiger partial charge in [0.25, 0.3) is 5.56 Å². The summed E-state index contributed by atoms with van der Waals surface area (Å²) in [6, 6.07) is 7.55. The molecule has 0 aliphatic heterocycles. The molecule has 2 heterocycles. The number of hydrogen-bond acceptors (Lipinski definition) is 2. The molecule has 21 heavy (non-hydrogen) atoms. The van der Waals surface area contributed by atoms with Crippen LogP contribution in [-0.2, 0) is 6.42 Å². The van der Waals surface area contributed by atoms with Crippen molar-refractivity contribution in [2.75, 3.05) is 0 Å². The van der Waals surface area contributed by atoms with E-state index in [0.29, 0.717) is 11.4 Å². The summed E-state index contributed by atoms with van der Waals surface area (Å²) in [5, 5.41) is 5.09. The summed E-state index contributed by atoms with van der Waals surface area (Å²) in [4.78, 5) is 15.8. The largest absolute Gasteiger partial charge is 0.343 e. The van der Waals surface area contributed by atoms with Crippen molar-refractivity contribution in [1.29, 1.82) is 0 Å². The van der Waals surface area contributed by atoms with E-state index in [1.165, 1.54) is 4.52 Å². The van der Waals surface area contributed by atoms with Gasteiger partial charge in [0.2, 0.25) is 0 Å². The number of halogens is 1. The van der Waals surface area contributed by atoms with Gasteiger partial charge in [-0.1, -0.05) is 30.7 Å². The Morgan fingerprint density at radius 3 is 2.52 bits per heavy atom. The minimum Gasteiger partial charge on any atom is -0.343 e. The molecule has 108 valence electrons. The average Bonchev–Trinajstić information content (AvgIpc) is 2.77. The number of aromatic amines is 1. The standard InChI is InChI=1S/C16H16ClN3O/c1-4-13-9(2)18-15-14(10(3)19-20(15)16(13)21)11-5-7-12(17)8-6-11/h5-8,18H,4H2,1-3H3. The third-order valence-corrected chi connectivity index (χ3v) is 4.01. The number of aromatic nitrogens is 3. The maximum atomic E-state index is 12.5. The lowest BCUT2D eigenvalue weighted by molar-refractivity contribution is 0.841. The van der Waals surface area contributed by atoms with E-state index < -0.39 is 0 Å². The summed E-state index contributed by atoms with van der Waals surface area (Å²) in [7, 11) is 0. The van der Waals surface area contributed by atoms with Crippen LogP contribution in [0.1, 0.15) is 23.9 Å². The Morgan fingerprint density at radius 1 is 1.24 bits per heavy atom. The van der Waals surface area contributed by atoms with E-state index in [0.717, 1.165) is 33.7 Å². The molecule has 0 unspecified atom stereocenters. The van der Waals surface area contributed by atoms with Gasteiger partial charge in [0, 0.05) is 21.8 Å². The second kappa shape index (κ2) is 5.04. The number of nitrogens with zero attached hydrogens (tertiary/aromatic N) is 2. The number of benzene rings is 1. The molecule has 0 aliphatic rings. The summed E-state index contributed by atoms with van der Waals surface area (Å²) in [5.41, 5.74) is 5.10. The first-order valence-electron chi connectivity index (χ1n) is 6.90. The zero-order chi connectivity index (χ0) is 15.1. The van der Waals surface area contributed by atoms with E-state index in [4.69, 9.17) is 11.6 Å². The van der Waals surface area contributed by atoms with Crippen molar-refractivity contribution in [1.82, 2.24) is 14.6 Å². The topological polar surface area (TPSA) is 50.2 Å². The predicted molar refractivity (Wildman–Crippen MR) is 85.1 cm³/mol. The second-order valence-electron chi connectivity index (χ2n) is 5.11. The Balaban J connectivity index is 2.37. The molecule has 0 aliphatic carbocycles. The molecule has 0 amide bonds. The monoisotopic (exact) mass is 301 g/mol. The van der Waals surface area contributed by atoms with E-state index in [-0.39, 0.29) is 5.56 Å². The maximum Gasteiger partial charge on any atom is 0.277 e. The molecule has 2 aromatic heterocycles. The third kappa shape index (κ3) is 2.16. The summed E-state index contributed by atoms with van der Waals surface area (Å²) in [5.74, 6) is 0. The van der Waals surface area contributed by atoms with Crippen LogP contribution in [0.3, 0.4) is 0 Å². The molecule has 1 aromatic carbocycles. The minimum atomic E-state index is -0.0490. The summed E-state index contributed by atoms with van der Waals surface area (Å²) < 4.78 is 1.46. The first-order valence-corrected chi connectivity index (χ1v) is 7.27. The SMILES string of the molecule is CCc1c(C)[nH]c2c(-c3ccc(Cl)cc3)c(C)nn2c1=O. The van der Waals surface area contributed by atoms with Gasteiger partial charge >= 0.3 is 0 Å². The van der Waals surface area contributed by atoms with Gasteiger partial charge in [-0.25, -0.2) is 0 Å². The van der Waals surface area contributed by atoms with Crippen molar-refractivity contribution < 1.29 is 0 Å². The molecule has 0 saturated heterocycles. The summed E-state index contributed by atoms with van der Waals surface area (Å²) in [6.45, 7) is 5.80. The smallest absolute Gasteiger partial charge is 0.277 e. The number of hydrogen-bond donors (Lipinski definition) is 1. The van der Waals surface area contributed by atoms with Gasteiger partial charge in [-0.3, -0.25) is 4.79 Å². The van der Waals surface area contributed by atoms with Gasteiger partial charge in [0.05, 0.1) is 5.69 Å². The number of H-pyrrole nitrogens is 1. The molecule has 4 nitrogen and oxygen atoms in total. The lowest BCUT2D eigenvalue weighted by Gasteiger charge is -2.05. The van der Waals surface area contributed by atoms with Crippen LogP contribution in [0.2, 0.25) is 5.02 Å². The van der Waals surface area contributed by atoms with E-state index >= 15 is 0 Å². The van der Waals surface area contributed by atoms with Crippen LogP contribution in [-0.4, -0.2) is 14.6 Å². The average molecular weight is 302 g/mol. The molecule has 5 heteroatoms. The zero-order valence-corrected chi connectivity index (χ0v) is 13.0. The maximum absolute atomic E-state index is 12.5. The predicted octanol–water partition coefficient (Wildman–Crippen LogP) is 3.52. The fourth-order valence-electron chi connectivity index (χ4n) is 2.71. The molecule has 0 spiro atoms. The quantitative estimate of drug-likeness (QED) is 0.787. The van der Waals surface area contributed by atoms with E-state index in [1.807, 2.05) is 45.0 Å². The lowest BCUT2D eigenvalue weighted by atomic mass is 10.1. The van der Waals surface area contributed by atoms with Gasteiger partial charge in [-0.2, -0.15) is 9.61 Å². The molecule has 0 fully saturated rings.